The minimum atomic E-state index is 0.0244. The maximum Gasteiger partial charge on any atom is 0.230 e. The van der Waals surface area contributed by atoms with Gasteiger partial charge in [0, 0.05) is 18.3 Å². The van der Waals surface area contributed by atoms with Crippen LogP contribution >= 0.6 is 11.8 Å². The van der Waals surface area contributed by atoms with Crippen LogP contribution in [0.2, 0.25) is 0 Å². The number of methoxy groups -OCH3 is 1. The van der Waals surface area contributed by atoms with E-state index in [-0.39, 0.29) is 5.91 Å². The second-order valence-corrected chi connectivity index (χ2v) is 8.09. The molecule has 0 saturated heterocycles. The Labute approximate surface area is 165 Å². The van der Waals surface area contributed by atoms with Crippen LogP contribution in [0.5, 0.6) is 5.75 Å². The van der Waals surface area contributed by atoms with Gasteiger partial charge >= 0.3 is 0 Å². The molecule has 6 heteroatoms. The van der Waals surface area contributed by atoms with Crippen molar-refractivity contribution >= 4 is 17.7 Å². The number of nitrogens with one attached hydrogen (secondary N) is 1. The lowest BCUT2D eigenvalue weighted by Crippen LogP contribution is -2.25. The molecule has 3 rings (SSSR count). The predicted octanol–water partition coefficient (Wildman–Crippen LogP) is 4.42. The van der Waals surface area contributed by atoms with Gasteiger partial charge in [0.15, 0.2) is 5.16 Å². The molecule has 1 N–H and O–H groups in total. The van der Waals surface area contributed by atoms with E-state index in [2.05, 4.69) is 23.7 Å². The molecule has 27 heavy (non-hydrogen) atoms. The minimum Gasteiger partial charge on any atom is -0.497 e. The fourth-order valence-electron chi connectivity index (χ4n) is 3.63. The Morgan fingerprint density at radius 1 is 1.30 bits per heavy atom. The fourth-order valence-corrected chi connectivity index (χ4v) is 4.62. The number of aromatic nitrogens is 2. The number of carbonyl (C=O) groups excluding carboxylic acids is 1. The van der Waals surface area contributed by atoms with Gasteiger partial charge in [0.05, 0.1) is 18.6 Å². The second-order valence-electron chi connectivity index (χ2n) is 7.14. The van der Waals surface area contributed by atoms with E-state index < -0.39 is 0 Å². The van der Waals surface area contributed by atoms with Gasteiger partial charge in [0.1, 0.15) is 5.75 Å². The highest BCUT2D eigenvalue weighted by Gasteiger charge is 2.22. The highest BCUT2D eigenvalue weighted by atomic mass is 32.2. The van der Waals surface area contributed by atoms with Gasteiger partial charge in [-0.2, -0.15) is 0 Å². The van der Waals surface area contributed by atoms with E-state index in [1.54, 1.807) is 18.9 Å². The Hall–Kier alpha value is -1.95. The third-order valence-corrected chi connectivity index (χ3v) is 6.20. The van der Waals surface area contributed by atoms with Gasteiger partial charge in [-0.3, -0.25) is 4.79 Å². The molecular formula is C21H29N3O2S. The molecule has 0 bridgehead atoms. The number of ether oxygens (including phenoxy) is 1. The number of hydrogen-bond donors (Lipinski definition) is 1. The van der Waals surface area contributed by atoms with Crippen molar-refractivity contribution in [3.8, 4) is 5.75 Å². The molecule has 1 amide bonds. The molecule has 1 aromatic heterocycles. The summed E-state index contributed by atoms with van der Waals surface area (Å²) < 4.78 is 7.59. The third-order valence-electron chi connectivity index (χ3n) is 5.25. The van der Waals surface area contributed by atoms with Crippen LogP contribution in [0.25, 0.3) is 0 Å². The van der Waals surface area contributed by atoms with E-state index in [1.165, 1.54) is 37.8 Å². The average molecular weight is 388 g/mol. The molecule has 0 spiro atoms. The largest absolute Gasteiger partial charge is 0.497 e. The van der Waals surface area contributed by atoms with Gasteiger partial charge in [-0.05, 0) is 44.4 Å². The molecular weight excluding hydrogens is 358 g/mol. The van der Waals surface area contributed by atoms with Gasteiger partial charge in [-0.1, -0.05) is 43.2 Å². The van der Waals surface area contributed by atoms with Crippen LogP contribution in [-0.2, 0) is 11.3 Å². The first kappa shape index (κ1) is 19.8. The maximum absolute atomic E-state index is 12.3. The fraction of sp³-hybridized carbons (Fsp3) is 0.524. The quantitative estimate of drug-likeness (QED) is 0.715. The Morgan fingerprint density at radius 2 is 2.07 bits per heavy atom. The zero-order valence-electron chi connectivity index (χ0n) is 16.5. The summed E-state index contributed by atoms with van der Waals surface area (Å²) in [5.74, 6) is 1.21. The molecule has 5 nitrogen and oxygen atoms in total. The zero-order chi connectivity index (χ0) is 19.2. The van der Waals surface area contributed by atoms with Crippen molar-refractivity contribution in [2.75, 3.05) is 12.9 Å². The molecule has 1 aliphatic rings. The molecule has 0 radical (unpaired) electrons. The van der Waals surface area contributed by atoms with E-state index in [1.807, 2.05) is 24.3 Å². The summed E-state index contributed by atoms with van der Waals surface area (Å²) in [7, 11) is 1.65. The van der Waals surface area contributed by atoms with Crippen LogP contribution in [0.1, 0.15) is 55.1 Å². The number of thioether (sulfide) groups is 1. The molecule has 1 saturated carbocycles. The van der Waals surface area contributed by atoms with Crippen molar-refractivity contribution < 1.29 is 9.53 Å². The summed E-state index contributed by atoms with van der Waals surface area (Å²) in [4.78, 5) is 17.1. The van der Waals surface area contributed by atoms with E-state index >= 15 is 0 Å². The smallest absolute Gasteiger partial charge is 0.230 e. The van der Waals surface area contributed by atoms with Crippen molar-refractivity contribution in [1.29, 1.82) is 0 Å². The summed E-state index contributed by atoms with van der Waals surface area (Å²) in [6.07, 6.45) is 6.33. The first-order valence-electron chi connectivity index (χ1n) is 9.66. The average Bonchev–Trinajstić information content (AvgIpc) is 2.99. The Kier molecular flexibility index (Phi) is 6.83. The molecule has 1 fully saturated rings. The number of imidazole rings is 1. The van der Waals surface area contributed by atoms with Crippen LogP contribution in [0.4, 0.5) is 0 Å². The highest BCUT2D eigenvalue weighted by molar-refractivity contribution is 7.99. The van der Waals surface area contributed by atoms with Gasteiger partial charge in [-0.25, -0.2) is 4.98 Å². The summed E-state index contributed by atoms with van der Waals surface area (Å²) in [6.45, 7) is 4.71. The standard InChI is InChI=1S/C21H29N3O2S/c1-15-16(2)24(18-9-5-4-6-10-18)21(23-15)27-14-20(25)22-13-17-8-7-11-19(12-17)26-3/h7-8,11-12,18H,4-6,9-10,13-14H2,1-3H3,(H,22,25). The minimum absolute atomic E-state index is 0.0244. The maximum atomic E-state index is 12.3. The van der Waals surface area contributed by atoms with E-state index in [0.29, 0.717) is 18.3 Å². The molecule has 0 unspecified atom stereocenters. The van der Waals surface area contributed by atoms with Crippen molar-refractivity contribution in [3.05, 3.63) is 41.2 Å². The van der Waals surface area contributed by atoms with Crippen LogP contribution in [0.15, 0.2) is 29.4 Å². The van der Waals surface area contributed by atoms with Crippen molar-refractivity contribution in [2.24, 2.45) is 0 Å². The number of amides is 1. The molecule has 1 aromatic carbocycles. The lowest BCUT2D eigenvalue weighted by atomic mass is 9.95. The number of carbonyl (C=O) groups is 1. The normalized spacial score (nSPS) is 14.9. The van der Waals surface area contributed by atoms with E-state index in [4.69, 9.17) is 9.72 Å². The molecule has 2 aromatic rings. The molecule has 0 aliphatic heterocycles. The Balaban J connectivity index is 1.57. The van der Waals surface area contributed by atoms with Crippen molar-refractivity contribution in [2.45, 2.75) is 63.7 Å². The number of nitrogens with zero attached hydrogens (tertiary/aromatic N) is 2. The van der Waals surface area contributed by atoms with Gasteiger partial charge in [-0.15, -0.1) is 0 Å². The Morgan fingerprint density at radius 3 is 2.81 bits per heavy atom. The third kappa shape index (κ3) is 5.06. The zero-order valence-corrected chi connectivity index (χ0v) is 17.3. The first-order chi connectivity index (χ1) is 13.1. The molecule has 1 aliphatic carbocycles. The van der Waals surface area contributed by atoms with Crippen molar-refractivity contribution in [3.63, 3.8) is 0 Å². The van der Waals surface area contributed by atoms with Crippen LogP contribution < -0.4 is 10.1 Å². The van der Waals surface area contributed by atoms with E-state index in [9.17, 15) is 4.79 Å². The number of aryl methyl sites for hydroxylation is 1. The van der Waals surface area contributed by atoms with Crippen LogP contribution in [0, 0.1) is 13.8 Å². The van der Waals surface area contributed by atoms with Gasteiger partial charge in [0.25, 0.3) is 0 Å². The SMILES string of the molecule is COc1cccc(CNC(=O)CSc2nc(C)c(C)n2C2CCCCC2)c1. The summed E-state index contributed by atoms with van der Waals surface area (Å²) >= 11 is 1.54. The van der Waals surface area contributed by atoms with Gasteiger partial charge < -0.3 is 14.6 Å². The number of benzene rings is 1. The summed E-state index contributed by atoms with van der Waals surface area (Å²) in [5.41, 5.74) is 3.34. The summed E-state index contributed by atoms with van der Waals surface area (Å²) in [6, 6.07) is 8.29. The predicted molar refractivity (Wildman–Crippen MR) is 109 cm³/mol. The van der Waals surface area contributed by atoms with Crippen molar-refractivity contribution in [1.82, 2.24) is 14.9 Å². The lowest BCUT2D eigenvalue weighted by Gasteiger charge is -2.26. The topological polar surface area (TPSA) is 56.1 Å². The highest BCUT2D eigenvalue weighted by Crippen LogP contribution is 2.34. The van der Waals surface area contributed by atoms with Crippen LogP contribution in [0.3, 0.4) is 0 Å². The van der Waals surface area contributed by atoms with E-state index in [0.717, 1.165) is 22.2 Å². The first-order valence-corrected chi connectivity index (χ1v) is 10.6. The summed E-state index contributed by atoms with van der Waals surface area (Å²) in [5, 5.41) is 3.97. The van der Waals surface area contributed by atoms with Gasteiger partial charge in [0.2, 0.25) is 5.91 Å². The van der Waals surface area contributed by atoms with Crippen LogP contribution in [-0.4, -0.2) is 28.3 Å². The molecule has 1 heterocycles. The number of hydrogen-bond acceptors (Lipinski definition) is 4. The lowest BCUT2D eigenvalue weighted by molar-refractivity contribution is -0.118. The molecule has 146 valence electrons. The monoisotopic (exact) mass is 387 g/mol. The Bertz CT molecular complexity index is 782. The molecule has 0 atom stereocenters. The second kappa shape index (κ2) is 9.31. The number of rotatable bonds is 7.